The number of aromatic amines is 2. The number of nitrogens with zero attached hydrogens (tertiary/aromatic N) is 1. The highest BCUT2D eigenvalue weighted by molar-refractivity contribution is 5.81. The minimum absolute atomic E-state index is 0.180. The highest BCUT2D eigenvalue weighted by Crippen LogP contribution is 2.30. The fourth-order valence-corrected chi connectivity index (χ4v) is 2.19. The van der Waals surface area contributed by atoms with Crippen molar-refractivity contribution in [3.63, 3.8) is 0 Å². The molecule has 0 amide bonds. The summed E-state index contributed by atoms with van der Waals surface area (Å²) in [7, 11) is 0. The van der Waals surface area contributed by atoms with Crippen molar-refractivity contribution in [2.24, 2.45) is 0 Å². The zero-order valence-electron chi connectivity index (χ0n) is 10.8. The molecule has 0 saturated heterocycles. The number of pyridine rings is 1. The Labute approximate surface area is 114 Å². The molecule has 4 nitrogen and oxygen atoms in total. The molecule has 0 bridgehead atoms. The molecule has 100 valence electrons. The van der Waals surface area contributed by atoms with E-state index in [2.05, 4.69) is 15.2 Å². The molecule has 0 saturated carbocycles. The van der Waals surface area contributed by atoms with Gasteiger partial charge in [0.15, 0.2) is 0 Å². The second-order valence-corrected chi connectivity index (χ2v) is 4.49. The monoisotopic (exact) mass is 269 g/mol. The number of nitrogens with one attached hydrogen (secondary N) is 2. The Morgan fingerprint density at radius 1 is 1.15 bits per heavy atom. The lowest BCUT2D eigenvalue weighted by Gasteiger charge is -2.03. The Morgan fingerprint density at radius 2 is 1.90 bits per heavy atom. The number of aromatic nitrogens is 3. The van der Waals surface area contributed by atoms with Crippen molar-refractivity contribution in [3.05, 3.63) is 64.5 Å². The van der Waals surface area contributed by atoms with Crippen LogP contribution in [0.3, 0.4) is 0 Å². The Balaban J connectivity index is 2.23. The largest absolute Gasteiger partial charge is 0.329 e. The van der Waals surface area contributed by atoms with Crippen molar-refractivity contribution in [2.75, 3.05) is 0 Å². The highest BCUT2D eigenvalue weighted by Gasteiger charge is 2.16. The molecule has 0 aliphatic carbocycles. The van der Waals surface area contributed by atoms with Gasteiger partial charge in [0.05, 0.1) is 5.56 Å². The third kappa shape index (κ3) is 2.03. The first-order valence-electron chi connectivity index (χ1n) is 6.16. The number of benzene rings is 1. The van der Waals surface area contributed by atoms with Gasteiger partial charge >= 0.3 is 0 Å². The SMILES string of the molecule is Cc1[nH]nc(-c2ccc(F)cc2)c1-c1ccc[nH]c1=O. The maximum atomic E-state index is 13.0. The first-order valence-corrected chi connectivity index (χ1v) is 6.16. The zero-order valence-corrected chi connectivity index (χ0v) is 10.8. The normalized spacial score (nSPS) is 10.7. The van der Waals surface area contributed by atoms with Crippen molar-refractivity contribution in [1.82, 2.24) is 15.2 Å². The van der Waals surface area contributed by atoms with E-state index in [1.165, 1.54) is 12.1 Å². The van der Waals surface area contributed by atoms with Gasteiger partial charge in [-0.25, -0.2) is 4.39 Å². The Morgan fingerprint density at radius 3 is 2.60 bits per heavy atom. The Hall–Kier alpha value is -2.69. The molecule has 0 unspecified atom stereocenters. The number of hydrogen-bond donors (Lipinski definition) is 2. The van der Waals surface area contributed by atoms with E-state index >= 15 is 0 Å². The van der Waals surface area contributed by atoms with Gasteiger partial charge in [-0.2, -0.15) is 5.10 Å². The first kappa shape index (κ1) is 12.3. The zero-order chi connectivity index (χ0) is 14.1. The molecule has 0 aliphatic rings. The average Bonchev–Trinajstić information content (AvgIpc) is 2.82. The van der Waals surface area contributed by atoms with Gasteiger partial charge in [-0.15, -0.1) is 0 Å². The van der Waals surface area contributed by atoms with Crippen LogP contribution in [0.25, 0.3) is 22.4 Å². The Bertz CT molecular complexity index is 802. The maximum absolute atomic E-state index is 13.0. The molecule has 3 aromatic rings. The van der Waals surface area contributed by atoms with E-state index < -0.39 is 0 Å². The quantitative estimate of drug-likeness (QED) is 0.751. The van der Waals surface area contributed by atoms with Crippen LogP contribution in [-0.4, -0.2) is 15.2 Å². The predicted molar refractivity (Wildman–Crippen MR) is 74.8 cm³/mol. The van der Waals surface area contributed by atoms with Gasteiger partial charge in [0.2, 0.25) is 0 Å². The van der Waals surface area contributed by atoms with Crippen LogP contribution in [0.1, 0.15) is 5.69 Å². The summed E-state index contributed by atoms with van der Waals surface area (Å²) in [4.78, 5) is 14.6. The van der Waals surface area contributed by atoms with Gasteiger partial charge in [0.25, 0.3) is 5.56 Å². The third-order valence-electron chi connectivity index (χ3n) is 3.15. The molecule has 2 aromatic heterocycles. The fourth-order valence-electron chi connectivity index (χ4n) is 2.19. The summed E-state index contributed by atoms with van der Waals surface area (Å²) < 4.78 is 13.0. The summed E-state index contributed by atoms with van der Waals surface area (Å²) in [5, 5.41) is 7.11. The number of rotatable bonds is 2. The summed E-state index contributed by atoms with van der Waals surface area (Å²) in [6.07, 6.45) is 1.58. The van der Waals surface area contributed by atoms with Crippen molar-refractivity contribution in [2.45, 2.75) is 6.92 Å². The van der Waals surface area contributed by atoms with Gasteiger partial charge in [-0.1, -0.05) is 0 Å². The van der Waals surface area contributed by atoms with E-state index in [1.54, 1.807) is 30.5 Å². The molecule has 0 radical (unpaired) electrons. The second-order valence-electron chi connectivity index (χ2n) is 4.49. The molecule has 2 heterocycles. The van der Waals surface area contributed by atoms with Crippen LogP contribution < -0.4 is 5.56 Å². The summed E-state index contributed by atoms with van der Waals surface area (Å²) in [6.45, 7) is 1.85. The van der Waals surface area contributed by atoms with Crippen LogP contribution in [0.4, 0.5) is 4.39 Å². The molecule has 0 aliphatic heterocycles. The van der Waals surface area contributed by atoms with E-state index in [0.29, 0.717) is 11.3 Å². The van der Waals surface area contributed by atoms with Gasteiger partial charge in [0, 0.05) is 23.0 Å². The molecule has 5 heteroatoms. The van der Waals surface area contributed by atoms with Crippen molar-refractivity contribution in [3.8, 4) is 22.4 Å². The van der Waals surface area contributed by atoms with Crippen molar-refractivity contribution < 1.29 is 4.39 Å². The van der Waals surface area contributed by atoms with E-state index in [4.69, 9.17) is 0 Å². The number of H-pyrrole nitrogens is 2. The van der Waals surface area contributed by atoms with Gasteiger partial charge < -0.3 is 4.98 Å². The van der Waals surface area contributed by atoms with Crippen LogP contribution >= 0.6 is 0 Å². The number of aryl methyl sites for hydroxylation is 1. The number of halogens is 1. The lowest BCUT2D eigenvalue weighted by Crippen LogP contribution is -2.07. The lowest BCUT2D eigenvalue weighted by atomic mass is 10.0. The third-order valence-corrected chi connectivity index (χ3v) is 3.15. The predicted octanol–water partition coefficient (Wildman–Crippen LogP) is 2.88. The molecule has 0 fully saturated rings. The number of hydrogen-bond acceptors (Lipinski definition) is 2. The van der Waals surface area contributed by atoms with Crippen molar-refractivity contribution in [1.29, 1.82) is 0 Å². The molecule has 2 N–H and O–H groups in total. The van der Waals surface area contributed by atoms with Gasteiger partial charge in [-0.05, 0) is 43.3 Å². The smallest absolute Gasteiger partial charge is 0.255 e. The van der Waals surface area contributed by atoms with Gasteiger partial charge in [0.1, 0.15) is 11.5 Å². The van der Waals surface area contributed by atoms with Crippen LogP contribution in [0.5, 0.6) is 0 Å². The van der Waals surface area contributed by atoms with E-state index in [0.717, 1.165) is 16.8 Å². The van der Waals surface area contributed by atoms with E-state index in [9.17, 15) is 9.18 Å². The summed E-state index contributed by atoms with van der Waals surface area (Å²) >= 11 is 0. The molecule has 0 atom stereocenters. The Kier molecular flexibility index (Phi) is 2.95. The summed E-state index contributed by atoms with van der Waals surface area (Å²) in [6, 6.07) is 9.54. The van der Waals surface area contributed by atoms with E-state index in [-0.39, 0.29) is 11.4 Å². The van der Waals surface area contributed by atoms with E-state index in [1.807, 2.05) is 6.92 Å². The van der Waals surface area contributed by atoms with Crippen LogP contribution in [-0.2, 0) is 0 Å². The minimum Gasteiger partial charge on any atom is -0.329 e. The van der Waals surface area contributed by atoms with Crippen molar-refractivity contribution >= 4 is 0 Å². The standard InChI is InChI=1S/C15H12FN3O/c1-9-13(12-3-2-8-17-15(12)20)14(19-18-9)10-4-6-11(16)7-5-10/h2-8H,1H3,(H,17,20)(H,18,19). The molecule has 3 rings (SSSR count). The van der Waals surface area contributed by atoms with Gasteiger partial charge in [-0.3, -0.25) is 9.89 Å². The molecule has 20 heavy (non-hydrogen) atoms. The fraction of sp³-hybridized carbons (Fsp3) is 0.0667. The molecule has 0 spiro atoms. The summed E-state index contributed by atoms with van der Waals surface area (Å²) in [5.41, 5.74) is 3.28. The summed E-state index contributed by atoms with van der Waals surface area (Å²) in [5.74, 6) is -0.305. The lowest BCUT2D eigenvalue weighted by molar-refractivity contribution is 0.628. The van der Waals surface area contributed by atoms with Crippen LogP contribution in [0, 0.1) is 12.7 Å². The minimum atomic E-state index is -0.305. The molecular weight excluding hydrogens is 257 g/mol. The van der Waals surface area contributed by atoms with Crippen LogP contribution in [0.15, 0.2) is 47.4 Å². The average molecular weight is 269 g/mol. The maximum Gasteiger partial charge on any atom is 0.255 e. The molecular formula is C15H12FN3O. The molecule has 1 aromatic carbocycles. The van der Waals surface area contributed by atoms with Crippen LogP contribution in [0.2, 0.25) is 0 Å². The topological polar surface area (TPSA) is 61.5 Å². The second kappa shape index (κ2) is 4.77. The first-order chi connectivity index (χ1) is 9.66. The highest BCUT2D eigenvalue weighted by atomic mass is 19.1.